The van der Waals surface area contributed by atoms with Crippen LogP contribution in [-0.4, -0.2) is 12.0 Å². The smallest absolute Gasteiger partial charge is 0.289 e. The molecule has 0 bridgehead atoms. The zero-order chi connectivity index (χ0) is 11.6. The fourth-order valence-electron chi connectivity index (χ4n) is 1.20. The highest BCUT2D eigenvalue weighted by Crippen LogP contribution is 2.19. The predicted octanol–water partition coefficient (Wildman–Crippen LogP) is 2.81. The van der Waals surface area contributed by atoms with Gasteiger partial charge in [0.2, 0.25) is 5.78 Å². The maximum absolute atomic E-state index is 12.8. The van der Waals surface area contributed by atoms with Crippen LogP contribution in [0.5, 0.6) is 0 Å². The Labute approximate surface area is 83.7 Å². The van der Waals surface area contributed by atoms with Crippen LogP contribution in [0.15, 0.2) is 18.2 Å². The van der Waals surface area contributed by atoms with Crippen LogP contribution in [0.1, 0.15) is 11.1 Å². The Hall–Kier alpha value is -1.39. The normalized spacial score (nSPS) is 11.5. The fourth-order valence-corrected chi connectivity index (χ4v) is 1.20. The number of Topliss-reactive ketones (excluding diaryl/α,β-unsaturated/α-hetero) is 1. The molecule has 0 unspecified atom stereocenters. The molecule has 0 aliphatic rings. The molecule has 0 spiro atoms. The standard InChI is InChI=1S/C10H8F4O/c1-6-2-7(4-8(11)3-6)5-9(15)10(12,13)14/h2-4H,5H2,1H3. The number of aryl methyl sites for hydroxylation is 1. The SMILES string of the molecule is Cc1cc(F)cc(CC(=O)C(F)(F)F)c1. The summed E-state index contributed by atoms with van der Waals surface area (Å²) in [5.74, 6) is -2.51. The average molecular weight is 220 g/mol. The minimum atomic E-state index is -4.86. The minimum Gasteiger partial charge on any atom is -0.289 e. The van der Waals surface area contributed by atoms with Crippen molar-refractivity contribution >= 4 is 5.78 Å². The quantitative estimate of drug-likeness (QED) is 0.700. The van der Waals surface area contributed by atoms with Crippen molar-refractivity contribution in [1.82, 2.24) is 0 Å². The second-order valence-corrected chi connectivity index (χ2v) is 3.23. The minimum absolute atomic E-state index is 0.0369. The van der Waals surface area contributed by atoms with Crippen molar-refractivity contribution in [3.05, 3.63) is 35.1 Å². The van der Waals surface area contributed by atoms with Gasteiger partial charge in [-0.1, -0.05) is 6.07 Å². The van der Waals surface area contributed by atoms with Crippen LogP contribution in [0.3, 0.4) is 0 Å². The van der Waals surface area contributed by atoms with Gasteiger partial charge in [0.15, 0.2) is 0 Å². The first-order valence-corrected chi connectivity index (χ1v) is 4.15. The fraction of sp³-hybridized carbons (Fsp3) is 0.300. The molecule has 0 saturated heterocycles. The highest BCUT2D eigenvalue weighted by atomic mass is 19.4. The highest BCUT2D eigenvalue weighted by molar-refractivity contribution is 5.86. The van der Waals surface area contributed by atoms with E-state index in [9.17, 15) is 22.4 Å². The highest BCUT2D eigenvalue weighted by Gasteiger charge is 2.37. The van der Waals surface area contributed by atoms with Crippen LogP contribution in [-0.2, 0) is 11.2 Å². The van der Waals surface area contributed by atoms with Gasteiger partial charge in [0, 0.05) is 6.42 Å². The summed E-state index contributed by atoms with van der Waals surface area (Å²) in [6.07, 6.45) is -5.68. The monoisotopic (exact) mass is 220 g/mol. The van der Waals surface area contributed by atoms with E-state index < -0.39 is 24.2 Å². The Bertz CT molecular complexity index is 361. The third kappa shape index (κ3) is 3.34. The van der Waals surface area contributed by atoms with Crippen LogP contribution < -0.4 is 0 Å². The maximum atomic E-state index is 12.8. The molecule has 1 nitrogen and oxygen atoms in total. The lowest BCUT2D eigenvalue weighted by Gasteiger charge is -2.05. The zero-order valence-electron chi connectivity index (χ0n) is 7.86. The number of alkyl halides is 3. The van der Waals surface area contributed by atoms with Gasteiger partial charge in [0.1, 0.15) is 5.82 Å². The van der Waals surface area contributed by atoms with E-state index in [0.717, 1.165) is 6.07 Å². The molecular weight excluding hydrogens is 212 g/mol. The first-order valence-electron chi connectivity index (χ1n) is 4.15. The molecule has 15 heavy (non-hydrogen) atoms. The van der Waals surface area contributed by atoms with Crippen LogP contribution in [0.2, 0.25) is 0 Å². The third-order valence-electron chi connectivity index (χ3n) is 1.78. The Kier molecular flexibility index (Phi) is 3.12. The number of carbonyl (C=O) groups excluding carboxylic acids is 1. The lowest BCUT2D eigenvalue weighted by atomic mass is 10.1. The number of hydrogen-bond donors (Lipinski definition) is 0. The van der Waals surface area contributed by atoms with Gasteiger partial charge in [-0.05, 0) is 30.2 Å². The van der Waals surface area contributed by atoms with Gasteiger partial charge in [-0.3, -0.25) is 4.79 Å². The summed E-state index contributed by atoms with van der Waals surface area (Å²) in [6.45, 7) is 1.55. The molecule has 1 rings (SSSR count). The number of carbonyl (C=O) groups is 1. The van der Waals surface area contributed by atoms with Gasteiger partial charge < -0.3 is 0 Å². The molecule has 0 aliphatic carbocycles. The molecular formula is C10H8F4O. The molecule has 0 heterocycles. The molecule has 0 radical (unpaired) electrons. The van der Waals surface area contributed by atoms with Crippen molar-refractivity contribution in [1.29, 1.82) is 0 Å². The van der Waals surface area contributed by atoms with E-state index in [2.05, 4.69) is 0 Å². The van der Waals surface area contributed by atoms with Crippen molar-refractivity contribution in [2.45, 2.75) is 19.5 Å². The molecule has 0 atom stereocenters. The number of rotatable bonds is 2. The summed E-state index contributed by atoms with van der Waals surface area (Å²) in [5.41, 5.74) is 0.523. The van der Waals surface area contributed by atoms with Gasteiger partial charge in [0.25, 0.3) is 0 Å². The Balaban J connectivity index is 2.86. The van der Waals surface area contributed by atoms with E-state index >= 15 is 0 Å². The van der Waals surface area contributed by atoms with Crippen molar-refractivity contribution in [2.75, 3.05) is 0 Å². The number of benzene rings is 1. The van der Waals surface area contributed by atoms with Gasteiger partial charge in [-0.15, -0.1) is 0 Å². The Morgan fingerprint density at radius 3 is 2.33 bits per heavy atom. The van der Waals surface area contributed by atoms with Crippen LogP contribution in [0, 0.1) is 12.7 Å². The molecule has 0 amide bonds. The molecule has 1 aromatic carbocycles. The first kappa shape index (κ1) is 11.7. The second-order valence-electron chi connectivity index (χ2n) is 3.23. The molecule has 1 aromatic rings. The molecule has 82 valence electrons. The van der Waals surface area contributed by atoms with Gasteiger partial charge in [0.05, 0.1) is 0 Å². The molecule has 0 fully saturated rings. The van der Waals surface area contributed by atoms with Crippen LogP contribution in [0.4, 0.5) is 17.6 Å². The summed E-state index contributed by atoms with van der Waals surface area (Å²) in [7, 11) is 0. The Morgan fingerprint density at radius 2 is 1.87 bits per heavy atom. The largest absolute Gasteiger partial charge is 0.450 e. The van der Waals surface area contributed by atoms with Crippen molar-refractivity contribution in [3.8, 4) is 0 Å². The molecule has 5 heteroatoms. The molecule has 0 aliphatic heterocycles. The lowest BCUT2D eigenvalue weighted by Crippen LogP contribution is -2.24. The van der Waals surface area contributed by atoms with E-state index in [1.807, 2.05) is 0 Å². The third-order valence-corrected chi connectivity index (χ3v) is 1.78. The maximum Gasteiger partial charge on any atom is 0.450 e. The van der Waals surface area contributed by atoms with E-state index in [4.69, 9.17) is 0 Å². The number of hydrogen-bond acceptors (Lipinski definition) is 1. The molecule has 0 N–H and O–H groups in total. The summed E-state index contributed by atoms with van der Waals surface area (Å²) in [4.78, 5) is 10.6. The molecule has 0 aromatic heterocycles. The van der Waals surface area contributed by atoms with Crippen molar-refractivity contribution in [3.63, 3.8) is 0 Å². The van der Waals surface area contributed by atoms with Gasteiger partial charge in [-0.25, -0.2) is 4.39 Å². The van der Waals surface area contributed by atoms with Crippen LogP contribution >= 0.6 is 0 Å². The topological polar surface area (TPSA) is 17.1 Å². The van der Waals surface area contributed by atoms with E-state index in [1.165, 1.54) is 12.1 Å². The second kappa shape index (κ2) is 4.00. The van der Waals surface area contributed by atoms with E-state index in [-0.39, 0.29) is 5.56 Å². The predicted molar refractivity (Wildman–Crippen MR) is 45.9 cm³/mol. The van der Waals surface area contributed by atoms with E-state index in [0.29, 0.717) is 5.56 Å². The summed E-state index contributed by atoms with van der Waals surface area (Å²) < 4.78 is 48.5. The first-order chi connectivity index (χ1) is 6.79. The average Bonchev–Trinajstić information content (AvgIpc) is 1.99. The van der Waals surface area contributed by atoms with Crippen LogP contribution in [0.25, 0.3) is 0 Å². The summed E-state index contributed by atoms with van der Waals surface area (Å²) in [5, 5.41) is 0. The number of halogens is 4. The summed E-state index contributed by atoms with van der Waals surface area (Å²) in [6, 6.07) is 3.46. The van der Waals surface area contributed by atoms with Crippen molar-refractivity contribution in [2.24, 2.45) is 0 Å². The van der Waals surface area contributed by atoms with Gasteiger partial charge >= 0.3 is 6.18 Å². The van der Waals surface area contributed by atoms with E-state index in [1.54, 1.807) is 6.92 Å². The van der Waals surface area contributed by atoms with Gasteiger partial charge in [-0.2, -0.15) is 13.2 Å². The summed E-state index contributed by atoms with van der Waals surface area (Å²) >= 11 is 0. The zero-order valence-corrected chi connectivity index (χ0v) is 7.86. The molecule has 0 saturated carbocycles. The lowest BCUT2D eigenvalue weighted by molar-refractivity contribution is -0.170. The van der Waals surface area contributed by atoms with Crippen molar-refractivity contribution < 1.29 is 22.4 Å². The number of ketones is 1. The Morgan fingerprint density at radius 1 is 1.27 bits per heavy atom.